The van der Waals surface area contributed by atoms with Gasteiger partial charge in [-0.1, -0.05) is 26.0 Å². The van der Waals surface area contributed by atoms with Gasteiger partial charge in [0.1, 0.15) is 11.5 Å². The Morgan fingerprint density at radius 2 is 1.94 bits per heavy atom. The van der Waals surface area contributed by atoms with Crippen molar-refractivity contribution in [2.24, 2.45) is 7.05 Å². The molecule has 10 heteroatoms. The first kappa shape index (κ1) is 23.2. The Morgan fingerprint density at radius 1 is 1.11 bits per heavy atom. The molecule has 7 nitrogen and oxygen atoms in total. The molecule has 0 saturated carbocycles. The summed E-state index contributed by atoms with van der Waals surface area (Å²) in [5.74, 6) is 0.473. The summed E-state index contributed by atoms with van der Waals surface area (Å²) in [6.45, 7) is 4.92. The summed E-state index contributed by atoms with van der Waals surface area (Å²) < 4.78 is 42.0. The number of aromatic nitrogens is 5. The van der Waals surface area contributed by atoms with Crippen molar-refractivity contribution in [1.29, 1.82) is 0 Å². The fraction of sp³-hybridized carbons (Fsp3) is 0.360. The zero-order chi connectivity index (χ0) is 24.7. The van der Waals surface area contributed by atoms with E-state index in [2.05, 4.69) is 39.2 Å². The summed E-state index contributed by atoms with van der Waals surface area (Å²) in [6, 6.07) is 9.21. The normalized spacial score (nSPS) is 14.2. The van der Waals surface area contributed by atoms with Crippen LogP contribution in [0, 0.1) is 5.82 Å². The van der Waals surface area contributed by atoms with Gasteiger partial charge >= 0.3 is 0 Å². The second-order valence-corrected chi connectivity index (χ2v) is 9.09. The maximum atomic E-state index is 14.8. The lowest BCUT2D eigenvalue weighted by atomic mass is 10.0. The lowest BCUT2D eigenvalue weighted by molar-refractivity contribution is 0.0817. The van der Waals surface area contributed by atoms with Gasteiger partial charge in [0.2, 0.25) is 5.95 Å². The Bertz CT molecular complexity index is 1380. The van der Waals surface area contributed by atoms with E-state index in [4.69, 9.17) is 0 Å². The van der Waals surface area contributed by atoms with Crippen LogP contribution in [0.1, 0.15) is 36.7 Å². The van der Waals surface area contributed by atoms with Gasteiger partial charge in [-0.2, -0.15) is 5.10 Å². The molecule has 0 bridgehead atoms. The average molecular weight is 482 g/mol. The van der Waals surface area contributed by atoms with Crippen molar-refractivity contribution in [3.8, 4) is 11.3 Å². The van der Waals surface area contributed by atoms with E-state index >= 15 is 0 Å². The number of hydrogen-bond acceptors (Lipinski definition) is 6. The first-order valence-electron chi connectivity index (χ1n) is 11.5. The second kappa shape index (κ2) is 9.26. The second-order valence-electron chi connectivity index (χ2n) is 9.09. The number of anilines is 2. The Hall–Kier alpha value is -3.53. The van der Waals surface area contributed by atoms with Crippen molar-refractivity contribution >= 4 is 22.7 Å². The Balaban J connectivity index is 1.41. The van der Waals surface area contributed by atoms with Crippen LogP contribution in [0.15, 0.2) is 36.5 Å². The summed E-state index contributed by atoms with van der Waals surface area (Å²) in [5.41, 5.74) is 4.51. The van der Waals surface area contributed by atoms with E-state index in [9.17, 15) is 13.2 Å². The summed E-state index contributed by atoms with van der Waals surface area (Å²) in [6.07, 6.45) is -0.635. The molecule has 0 atom stereocenters. The molecule has 4 aromatic rings. The van der Waals surface area contributed by atoms with Crippen LogP contribution in [-0.4, -0.2) is 49.1 Å². The molecular formula is C25H26F3N7. The van der Waals surface area contributed by atoms with Crippen LogP contribution < -0.4 is 5.32 Å². The van der Waals surface area contributed by atoms with Crippen LogP contribution >= 0.6 is 0 Å². The number of nitrogens with zero attached hydrogens (tertiary/aromatic N) is 6. The number of pyridine rings is 1. The minimum atomic E-state index is -2.36. The van der Waals surface area contributed by atoms with Crippen molar-refractivity contribution in [2.45, 2.75) is 39.2 Å². The Kier molecular flexibility index (Phi) is 6.14. The van der Waals surface area contributed by atoms with Crippen molar-refractivity contribution in [3.05, 3.63) is 59.3 Å². The monoisotopic (exact) mass is 481 g/mol. The first-order valence-corrected chi connectivity index (χ1v) is 11.5. The number of aryl methyl sites for hydroxylation is 1. The molecule has 0 unspecified atom stereocenters. The smallest absolute Gasteiger partial charge is 0.251 e. The van der Waals surface area contributed by atoms with Gasteiger partial charge in [0.05, 0.1) is 18.3 Å². The maximum absolute atomic E-state index is 14.8. The summed E-state index contributed by atoms with van der Waals surface area (Å²) in [4.78, 5) is 14.8. The minimum Gasteiger partial charge on any atom is -0.309 e. The van der Waals surface area contributed by atoms with E-state index in [0.717, 1.165) is 34.1 Å². The number of nitrogens with one attached hydrogen (secondary N) is 1. The van der Waals surface area contributed by atoms with Gasteiger partial charge in [-0.3, -0.25) is 9.58 Å². The molecule has 5 rings (SSSR count). The summed E-state index contributed by atoms with van der Waals surface area (Å²) in [5, 5.41) is 8.57. The number of benzene rings is 1. The average Bonchev–Trinajstić information content (AvgIpc) is 3.15. The fourth-order valence-corrected chi connectivity index (χ4v) is 4.69. The van der Waals surface area contributed by atoms with E-state index < -0.39 is 12.2 Å². The molecule has 0 aliphatic carbocycles. The highest BCUT2D eigenvalue weighted by Gasteiger charge is 2.21. The lowest BCUT2D eigenvalue weighted by Crippen LogP contribution is -2.34. The van der Waals surface area contributed by atoms with Gasteiger partial charge in [-0.05, 0) is 29.7 Å². The summed E-state index contributed by atoms with van der Waals surface area (Å²) >= 11 is 0. The predicted octanol–water partition coefficient (Wildman–Crippen LogP) is 5.05. The van der Waals surface area contributed by atoms with Crippen molar-refractivity contribution in [3.63, 3.8) is 0 Å². The van der Waals surface area contributed by atoms with Crippen LogP contribution in [0.5, 0.6) is 0 Å². The molecule has 3 aromatic heterocycles. The molecule has 1 aromatic carbocycles. The predicted molar refractivity (Wildman–Crippen MR) is 128 cm³/mol. The van der Waals surface area contributed by atoms with E-state index in [-0.39, 0.29) is 24.1 Å². The van der Waals surface area contributed by atoms with Crippen LogP contribution in [0.2, 0.25) is 0 Å². The van der Waals surface area contributed by atoms with E-state index in [0.29, 0.717) is 30.9 Å². The quantitative estimate of drug-likeness (QED) is 0.415. The molecule has 35 heavy (non-hydrogen) atoms. The number of alkyl halides is 2. The molecule has 1 aliphatic rings. The highest BCUT2D eigenvalue weighted by atomic mass is 19.3. The number of rotatable bonds is 6. The lowest BCUT2D eigenvalue weighted by Gasteiger charge is -2.27. The van der Waals surface area contributed by atoms with Gasteiger partial charge in [0, 0.05) is 48.9 Å². The molecule has 0 fully saturated rings. The third kappa shape index (κ3) is 4.70. The van der Waals surface area contributed by atoms with Crippen LogP contribution in [0.3, 0.4) is 0 Å². The standard InChI is InChI=1S/C25H26F3N7/c1-14(2)24-17-10-15(4-6-20(17)33-34(24)3)23-18(26)11-29-25(32-23)31-22-7-5-16-12-35(13-21(27)28)9-8-19(16)30-22/h4-7,10-11,14,21H,8-9,12-13H2,1-3H3,(H,29,30,31,32). The zero-order valence-corrected chi connectivity index (χ0v) is 19.8. The van der Waals surface area contributed by atoms with Gasteiger partial charge in [-0.15, -0.1) is 0 Å². The molecular weight excluding hydrogens is 455 g/mol. The largest absolute Gasteiger partial charge is 0.309 e. The molecule has 1 N–H and O–H groups in total. The highest BCUT2D eigenvalue weighted by molar-refractivity contribution is 5.86. The number of fused-ring (bicyclic) bond motifs is 2. The SMILES string of the molecule is CC(C)c1c2cc(-c3nc(Nc4ccc5c(n4)CCN(CC(F)F)C5)ncc3F)ccc2nn1C. The minimum absolute atomic E-state index is 0.184. The topological polar surface area (TPSA) is 71.8 Å². The molecule has 0 spiro atoms. The van der Waals surface area contributed by atoms with Crippen molar-refractivity contribution in [2.75, 3.05) is 18.4 Å². The van der Waals surface area contributed by atoms with Crippen LogP contribution in [0.25, 0.3) is 22.2 Å². The molecule has 4 heterocycles. The summed E-state index contributed by atoms with van der Waals surface area (Å²) in [7, 11) is 1.91. The third-order valence-corrected chi connectivity index (χ3v) is 6.21. The number of hydrogen-bond donors (Lipinski definition) is 1. The molecule has 0 amide bonds. The molecule has 0 radical (unpaired) electrons. The van der Waals surface area contributed by atoms with Gasteiger partial charge in [-0.25, -0.2) is 28.1 Å². The van der Waals surface area contributed by atoms with Gasteiger partial charge < -0.3 is 5.32 Å². The van der Waals surface area contributed by atoms with Crippen molar-refractivity contribution < 1.29 is 13.2 Å². The Morgan fingerprint density at radius 3 is 2.71 bits per heavy atom. The Labute approximate surface area is 201 Å². The fourth-order valence-electron chi connectivity index (χ4n) is 4.69. The van der Waals surface area contributed by atoms with Crippen LogP contribution in [-0.2, 0) is 20.0 Å². The van der Waals surface area contributed by atoms with Gasteiger partial charge in [0.25, 0.3) is 6.43 Å². The maximum Gasteiger partial charge on any atom is 0.251 e. The van der Waals surface area contributed by atoms with Gasteiger partial charge in [0.15, 0.2) is 5.82 Å². The molecule has 182 valence electrons. The highest BCUT2D eigenvalue weighted by Crippen LogP contribution is 2.30. The molecule has 1 aliphatic heterocycles. The number of halogens is 3. The van der Waals surface area contributed by atoms with Crippen LogP contribution in [0.4, 0.5) is 24.9 Å². The zero-order valence-electron chi connectivity index (χ0n) is 19.8. The molecule has 0 saturated heterocycles. The van der Waals surface area contributed by atoms with E-state index in [1.165, 1.54) is 0 Å². The van der Waals surface area contributed by atoms with E-state index in [1.54, 1.807) is 17.0 Å². The van der Waals surface area contributed by atoms with Crippen molar-refractivity contribution in [1.82, 2.24) is 29.6 Å². The van der Waals surface area contributed by atoms with E-state index in [1.807, 2.05) is 29.9 Å². The third-order valence-electron chi connectivity index (χ3n) is 6.21. The first-order chi connectivity index (χ1) is 16.8.